The van der Waals surface area contributed by atoms with Crippen molar-refractivity contribution in [2.75, 3.05) is 19.6 Å². The molecule has 0 aromatic heterocycles. The van der Waals surface area contributed by atoms with Crippen molar-refractivity contribution in [3.05, 3.63) is 34.3 Å². The highest BCUT2D eigenvalue weighted by Gasteiger charge is 2.49. The van der Waals surface area contributed by atoms with Crippen LogP contribution in [0.25, 0.3) is 0 Å². The highest BCUT2D eigenvalue weighted by molar-refractivity contribution is 9.10. The molecule has 122 valence electrons. The predicted molar refractivity (Wildman–Crippen MR) is 87.6 cm³/mol. The van der Waals surface area contributed by atoms with Crippen molar-refractivity contribution in [2.24, 2.45) is 0 Å². The van der Waals surface area contributed by atoms with Crippen LogP contribution in [0.2, 0.25) is 0 Å². The number of benzene rings is 1. The predicted octanol–water partition coefficient (Wildman–Crippen LogP) is 1.84. The first-order valence-corrected chi connectivity index (χ1v) is 8.39. The molecule has 0 radical (unpaired) electrons. The van der Waals surface area contributed by atoms with Crippen LogP contribution >= 0.6 is 15.9 Å². The van der Waals surface area contributed by atoms with Crippen LogP contribution < -0.4 is 5.32 Å². The molecular weight excluding hydrogens is 362 g/mol. The molecule has 0 aliphatic carbocycles. The van der Waals surface area contributed by atoms with E-state index >= 15 is 0 Å². The van der Waals surface area contributed by atoms with Gasteiger partial charge in [0.1, 0.15) is 12.1 Å². The van der Waals surface area contributed by atoms with Crippen LogP contribution in [0.15, 0.2) is 28.7 Å². The molecule has 23 heavy (non-hydrogen) atoms. The molecule has 1 atom stereocenters. The van der Waals surface area contributed by atoms with Gasteiger partial charge in [0.15, 0.2) is 0 Å². The van der Waals surface area contributed by atoms with E-state index in [0.29, 0.717) is 18.7 Å². The zero-order valence-corrected chi connectivity index (χ0v) is 14.4. The van der Waals surface area contributed by atoms with Crippen LogP contribution in [0.4, 0.5) is 4.79 Å². The van der Waals surface area contributed by atoms with E-state index < -0.39 is 17.5 Å². The summed E-state index contributed by atoms with van der Waals surface area (Å²) in [5.41, 5.74) is -0.465. The SMILES string of the molecule is C[C@@]1(c2cccc(Br)c2)NC(=O)N(CC(=O)N2CCCC2)C1=O. The second kappa shape index (κ2) is 5.96. The number of rotatable bonds is 3. The monoisotopic (exact) mass is 379 g/mol. The highest BCUT2D eigenvalue weighted by atomic mass is 79.9. The number of amides is 4. The van der Waals surface area contributed by atoms with E-state index in [-0.39, 0.29) is 12.5 Å². The number of halogens is 1. The molecule has 0 unspecified atom stereocenters. The van der Waals surface area contributed by atoms with Gasteiger partial charge in [-0.1, -0.05) is 28.1 Å². The number of nitrogens with zero attached hydrogens (tertiary/aromatic N) is 2. The highest BCUT2D eigenvalue weighted by Crippen LogP contribution is 2.30. The normalized spacial score (nSPS) is 24.3. The van der Waals surface area contributed by atoms with Crippen molar-refractivity contribution in [2.45, 2.75) is 25.3 Å². The molecule has 3 rings (SSSR count). The molecule has 0 spiro atoms. The van der Waals surface area contributed by atoms with E-state index in [1.54, 1.807) is 24.0 Å². The van der Waals surface area contributed by atoms with Gasteiger partial charge in [-0.05, 0) is 37.5 Å². The van der Waals surface area contributed by atoms with Crippen LogP contribution in [0.1, 0.15) is 25.3 Å². The number of hydrogen-bond donors (Lipinski definition) is 1. The minimum absolute atomic E-state index is 0.176. The lowest BCUT2D eigenvalue weighted by Gasteiger charge is -2.23. The van der Waals surface area contributed by atoms with Gasteiger partial charge in [0, 0.05) is 17.6 Å². The lowest BCUT2D eigenvalue weighted by atomic mass is 9.92. The van der Waals surface area contributed by atoms with E-state index in [9.17, 15) is 14.4 Å². The molecular formula is C16H18BrN3O3. The molecule has 2 heterocycles. The lowest BCUT2D eigenvalue weighted by Crippen LogP contribution is -2.43. The van der Waals surface area contributed by atoms with Gasteiger partial charge in [-0.15, -0.1) is 0 Å². The van der Waals surface area contributed by atoms with Crippen molar-refractivity contribution in [1.82, 2.24) is 15.1 Å². The first kappa shape index (κ1) is 16.0. The molecule has 6 nitrogen and oxygen atoms in total. The summed E-state index contributed by atoms with van der Waals surface area (Å²) in [6, 6.07) is 6.72. The Morgan fingerprint density at radius 2 is 2.00 bits per heavy atom. The Kier molecular flexibility index (Phi) is 4.14. The standard InChI is InChI=1S/C16H18BrN3O3/c1-16(11-5-4-6-12(17)9-11)14(22)20(15(23)18-16)10-13(21)19-7-2-3-8-19/h4-6,9H,2-3,7-8,10H2,1H3,(H,18,23)/t16-/m0/s1. The smallest absolute Gasteiger partial charge is 0.325 e. The van der Waals surface area contributed by atoms with Crippen molar-refractivity contribution in [1.29, 1.82) is 0 Å². The Bertz CT molecular complexity index is 672. The molecule has 1 aromatic rings. The first-order valence-electron chi connectivity index (χ1n) is 7.60. The first-order chi connectivity index (χ1) is 10.9. The van der Waals surface area contributed by atoms with Gasteiger partial charge in [-0.3, -0.25) is 14.5 Å². The second-order valence-electron chi connectivity index (χ2n) is 6.04. The molecule has 1 N–H and O–H groups in total. The molecule has 2 aliphatic heterocycles. The molecule has 2 aliphatic rings. The third kappa shape index (κ3) is 2.85. The summed E-state index contributed by atoms with van der Waals surface area (Å²) in [7, 11) is 0. The molecule has 1 aromatic carbocycles. The minimum Gasteiger partial charge on any atom is -0.341 e. The van der Waals surface area contributed by atoms with Gasteiger partial charge in [0.25, 0.3) is 5.91 Å². The molecule has 7 heteroatoms. The topological polar surface area (TPSA) is 69.7 Å². The Hall–Kier alpha value is -1.89. The molecule has 0 bridgehead atoms. The van der Waals surface area contributed by atoms with Gasteiger partial charge in [0.2, 0.25) is 5.91 Å². The zero-order valence-electron chi connectivity index (χ0n) is 12.8. The quantitative estimate of drug-likeness (QED) is 0.814. The van der Waals surface area contributed by atoms with E-state index in [1.165, 1.54) is 0 Å². The molecule has 2 saturated heterocycles. The largest absolute Gasteiger partial charge is 0.341 e. The Morgan fingerprint density at radius 1 is 1.30 bits per heavy atom. The number of nitrogens with one attached hydrogen (secondary N) is 1. The summed E-state index contributed by atoms with van der Waals surface area (Å²) >= 11 is 3.37. The average molecular weight is 380 g/mol. The summed E-state index contributed by atoms with van der Waals surface area (Å²) in [6.07, 6.45) is 1.95. The fourth-order valence-electron chi connectivity index (χ4n) is 3.04. The van der Waals surface area contributed by atoms with E-state index in [0.717, 1.165) is 22.2 Å². The Balaban J connectivity index is 1.80. The number of imide groups is 1. The average Bonchev–Trinajstić information content (AvgIpc) is 3.11. The number of hydrogen-bond acceptors (Lipinski definition) is 3. The summed E-state index contributed by atoms with van der Waals surface area (Å²) in [5, 5.41) is 2.72. The summed E-state index contributed by atoms with van der Waals surface area (Å²) < 4.78 is 0.824. The lowest BCUT2D eigenvalue weighted by molar-refractivity contribution is -0.138. The van der Waals surface area contributed by atoms with Gasteiger partial charge >= 0.3 is 6.03 Å². The number of likely N-dealkylation sites (tertiary alicyclic amines) is 1. The Labute approximate surface area is 142 Å². The summed E-state index contributed by atoms with van der Waals surface area (Å²) in [4.78, 5) is 39.9. The summed E-state index contributed by atoms with van der Waals surface area (Å²) in [6.45, 7) is 2.86. The third-order valence-corrected chi connectivity index (χ3v) is 4.92. The van der Waals surface area contributed by atoms with Crippen LogP contribution in [-0.2, 0) is 15.1 Å². The van der Waals surface area contributed by atoms with Crippen molar-refractivity contribution < 1.29 is 14.4 Å². The third-order valence-electron chi connectivity index (χ3n) is 4.43. The van der Waals surface area contributed by atoms with Crippen molar-refractivity contribution >= 4 is 33.8 Å². The number of carbonyl (C=O) groups excluding carboxylic acids is 3. The fraction of sp³-hybridized carbons (Fsp3) is 0.438. The molecule has 0 saturated carbocycles. The van der Waals surface area contributed by atoms with Gasteiger partial charge in [-0.25, -0.2) is 4.79 Å². The Morgan fingerprint density at radius 3 is 2.65 bits per heavy atom. The summed E-state index contributed by atoms with van der Waals surface area (Å²) in [5.74, 6) is -0.572. The second-order valence-corrected chi connectivity index (χ2v) is 6.96. The molecule has 2 fully saturated rings. The van der Waals surface area contributed by atoms with Crippen LogP contribution in [0.5, 0.6) is 0 Å². The van der Waals surface area contributed by atoms with E-state index in [1.807, 2.05) is 12.1 Å². The van der Waals surface area contributed by atoms with Crippen molar-refractivity contribution in [3.63, 3.8) is 0 Å². The van der Waals surface area contributed by atoms with Gasteiger partial charge in [-0.2, -0.15) is 0 Å². The fourth-order valence-corrected chi connectivity index (χ4v) is 3.44. The number of urea groups is 1. The van der Waals surface area contributed by atoms with Gasteiger partial charge in [0.05, 0.1) is 0 Å². The van der Waals surface area contributed by atoms with Crippen LogP contribution in [0, 0.1) is 0 Å². The van der Waals surface area contributed by atoms with Crippen LogP contribution in [0.3, 0.4) is 0 Å². The van der Waals surface area contributed by atoms with Gasteiger partial charge < -0.3 is 10.2 Å². The van der Waals surface area contributed by atoms with E-state index in [4.69, 9.17) is 0 Å². The maximum absolute atomic E-state index is 12.8. The minimum atomic E-state index is -1.15. The maximum Gasteiger partial charge on any atom is 0.325 e. The maximum atomic E-state index is 12.8. The van der Waals surface area contributed by atoms with Crippen LogP contribution in [-0.4, -0.2) is 47.3 Å². The zero-order chi connectivity index (χ0) is 16.6. The molecule has 4 amide bonds. The number of carbonyl (C=O) groups is 3. The van der Waals surface area contributed by atoms with Crippen molar-refractivity contribution in [3.8, 4) is 0 Å². The van der Waals surface area contributed by atoms with E-state index in [2.05, 4.69) is 21.2 Å².